The van der Waals surface area contributed by atoms with E-state index in [0.717, 1.165) is 12.2 Å². The molecule has 2 fully saturated rings. The summed E-state index contributed by atoms with van der Waals surface area (Å²) in [5, 5.41) is 2.92. The molecule has 0 aliphatic carbocycles. The number of ether oxygens (including phenoxy) is 1. The Hall–Kier alpha value is -2.18. The van der Waals surface area contributed by atoms with E-state index in [9.17, 15) is 9.18 Å². The molecule has 0 spiro atoms. The van der Waals surface area contributed by atoms with Crippen molar-refractivity contribution in [3.05, 3.63) is 59.8 Å². The number of likely N-dealkylation sites (tertiary alicyclic amines) is 1. The van der Waals surface area contributed by atoms with Crippen LogP contribution >= 0.6 is 0 Å². The van der Waals surface area contributed by atoms with E-state index in [1.54, 1.807) is 24.5 Å². The molecule has 2 aromatic rings. The van der Waals surface area contributed by atoms with Crippen LogP contribution < -0.4 is 5.32 Å². The van der Waals surface area contributed by atoms with Crippen LogP contribution in [-0.4, -0.2) is 36.1 Å². The lowest BCUT2D eigenvalue weighted by Gasteiger charge is -2.22. The fraction of sp³-hybridized carbons (Fsp3) is 0.421. The minimum Gasteiger partial charge on any atom is -0.467 e. The summed E-state index contributed by atoms with van der Waals surface area (Å²) in [4.78, 5) is 14.8. The van der Waals surface area contributed by atoms with Gasteiger partial charge in [-0.2, -0.15) is 0 Å². The number of benzene rings is 1. The van der Waals surface area contributed by atoms with Crippen LogP contribution in [0.25, 0.3) is 0 Å². The van der Waals surface area contributed by atoms with Gasteiger partial charge in [0.25, 0.3) is 0 Å². The van der Waals surface area contributed by atoms with Crippen molar-refractivity contribution >= 4 is 5.91 Å². The maximum Gasteiger partial charge on any atom is 0.227 e. The second kappa shape index (κ2) is 6.98. The van der Waals surface area contributed by atoms with E-state index < -0.39 is 0 Å². The van der Waals surface area contributed by atoms with Crippen LogP contribution in [0.2, 0.25) is 0 Å². The molecule has 1 N–H and O–H groups in total. The van der Waals surface area contributed by atoms with Gasteiger partial charge >= 0.3 is 0 Å². The summed E-state index contributed by atoms with van der Waals surface area (Å²) < 4.78 is 25.0. The second-order valence-corrected chi connectivity index (χ2v) is 6.62. The molecule has 4 rings (SSSR count). The minimum atomic E-state index is -0.241. The quantitative estimate of drug-likeness (QED) is 0.904. The standard InChI is InChI=1S/C19H21FN2O3/c20-16-6-2-1-4-13(16)11-22-12-15(18-17(22)7-9-25-18)19(23)21-10-14-5-3-8-24-14/h1-6,8,15,17-18H,7,9-12H2,(H,21,23)/t15-,17+,18+/m0/s1. The van der Waals surface area contributed by atoms with Crippen LogP contribution in [0, 0.1) is 11.7 Å². The van der Waals surface area contributed by atoms with E-state index in [1.807, 2.05) is 12.1 Å². The summed E-state index contributed by atoms with van der Waals surface area (Å²) in [6.45, 7) is 2.09. The number of nitrogens with zero attached hydrogens (tertiary/aromatic N) is 1. The number of amides is 1. The highest BCUT2D eigenvalue weighted by molar-refractivity contribution is 5.80. The lowest BCUT2D eigenvalue weighted by molar-refractivity contribution is -0.127. The fourth-order valence-electron chi connectivity index (χ4n) is 3.84. The van der Waals surface area contributed by atoms with Gasteiger partial charge in [0.1, 0.15) is 11.6 Å². The van der Waals surface area contributed by atoms with E-state index >= 15 is 0 Å². The lowest BCUT2D eigenvalue weighted by atomic mass is 10.0. The summed E-state index contributed by atoms with van der Waals surface area (Å²) in [7, 11) is 0. The number of furan rings is 1. The molecular weight excluding hydrogens is 323 g/mol. The van der Waals surface area contributed by atoms with Crippen molar-refractivity contribution in [1.82, 2.24) is 10.2 Å². The van der Waals surface area contributed by atoms with E-state index in [0.29, 0.717) is 31.8 Å². The van der Waals surface area contributed by atoms with Gasteiger partial charge in [0.05, 0.1) is 24.8 Å². The Labute approximate surface area is 145 Å². The van der Waals surface area contributed by atoms with E-state index in [-0.39, 0.29) is 29.8 Å². The Balaban J connectivity index is 1.43. The molecule has 5 nitrogen and oxygen atoms in total. The van der Waals surface area contributed by atoms with Crippen molar-refractivity contribution < 1.29 is 18.3 Å². The summed E-state index contributed by atoms with van der Waals surface area (Å²) in [5.41, 5.74) is 0.657. The number of carbonyl (C=O) groups is 1. The van der Waals surface area contributed by atoms with Gasteiger partial charge in [0, 0.05) is 31.3 Å². The second-order valence-electron chi connectivity index (χ2n) is 6.62. The summed E-state index contributed by atoms with van der Waals surface area (Å²) in [6, 6.07) is 10.6. The molecule has 3 heterocycles. The van der Waals surface area contributed by atoms with Gasteiger partial charge in [-0.15, -0.1) is 0 Å². The van der Waals surface area contributed by atoms with Crippen LogP contribution in [-0.2, 0) is 22.6 Å². The lowest BCUT2D eigenvalue weighted by Crippen LogP contribution is -2.37. The number of fused-ring (bicyclic) bond motifs is 1. The van der Waals surface area contributed by atoms with Crippen LogP contribution in [0.15, 0.2) is 47.1 Å². The Morgan fingerprint density at radius 2 is 2.16 bits per heavy atom. The summed E-state index contributed by atoms with van der Waals surface area (Å²) >= 11 is 0. The molecule has 6 heteroatoms. The maximum absolute atomic E-state index is 14.0. The molecule has 0 radical (unpaired) electrons. The zero-order chi connectivity index (χ0) is 17.2. The van der Waals surface area contributed by atoms with Crippen LogP contribution in [0.1, 0.15) is 17.7 Å². The van der Waals surface area contributed by atoms with Crippen LogP contribution in [0.4, 0.5) is 4.39 Å². The van der Waals surface area contributed by atoms with Crippen LogP contribution in [0.5, 0.6) is 0 Å². The molecule has 0 unspecified atom stereocenters. The van der Waals surface area contributed by atoms with Crippen molar-refractivity contribution in [3.63, 3.8) is 0 Å². The molecule has 1 aromatic heterocycles. The molecule has 2 aliphatic heterocycles. The number of nitrogens with one attached hydrogen (secondary N) is 1. The Bertz CT molecular complexity index is 734. The smallest absolute Gasteiger partial charge is 0.227 e. The van der Waals surface area contributed by atoms with Crippen molar-refractivity contribution in [2.24, 2.45) is 5.92 Å². The molecule has 0 bridgehead atoms. The molecule has 132 valence electrons. The molecule has 2 aliphatic rings. The SMILES string of the molecule is O=C(NCc1ccco1)[C@H]1CN(Cc2ccccc2F)[C@@H]2CCO[C@H]12. The van der Waals surface area contributed by atoms with E-state index in [2.05, 4.69) is 10.2 Å². The zero-order valence-corrected chi connectivity index (χ0v) is 13.9. The molecule has 1 aromatic carbocycles. The predicted molar refractivity (Wildman–Crippen MR) is 89.0 cm³/mol. The molecule has 3 atom stereocenters. The first kappa shape index (κ1) is 16.3. The number of hydrogen-bond donors (Lipinski definition) is 1. The highest BCUT2D eigenvalue weighted by Gasteiger charge is 2.48. The first-order valence-corrected chi connectivity index (χ1v) is 8.61. The van der Waals surface area contributed by atoms with Gasteiger partial charge in [-0.05, 0) is 24.6 Å². The maximum atomic E-state index is 14.0. The highest BCUT2D eigenvalue weighted by atomic mass is 19.1. The predicted octanol–water partition coefficient (Wildman–Crippen LogP) is 2.32. The number of carbonyl (C=O) groups excluding carboxylic acids is 1. The Morgan fingerprint density at radius 3 is 2.96 bits per heavy atom. The van der Waals surface area contributed by atoms with Gasteiger partial charge in [-0.25, -0.2) is 4.39 Å². The van der Waals surface area contributed by atoms with Gasteiger partial charge in [0.15, 0.2) is 0 Å². The van der Waals surface area contributed by atoms with Crippen LogP contribution in [0.3, 0.4) is 0 Å². The van der Waals surface area contributed by atoms with Gasteiger partial charge < -0.3 is 14.5 Å². The van der Waals surface area contributed by atoms with Crippen molar-refractivity contribution in [2.75, 3.05) is 13.2 Å². The Morgan fingerprint density at radius 1 is 1.28 bits per heavy atom. The molecule has 2 saturated heterocycles. The number of halogens is 1. The fourth-order valence-corrected chi connectivity index (χ4v) is 3.84. The van der Waals surface area contributed by atoms with Crippen molar-refractivity contribution in [1.29, 1.82) is 0 Å². The monoisotopic (exact) mass is 344 g/mol. The topological polar surface area (TPSA) is 54.7 Å². The average molecular weight is 344 g/mol. The van der Waals surface area contributed by atoms with Crippen molar-refractivity contribution in [3.8, 4) is 0 Å². The highest BCUT2D eigenvalue weighted by Crippen LogP contribution is 2.34. The first-order valence-electron chi connectivity index (χ1n) is 8.61. The third-order valence-electron chi connectivity index (χ3n) is 5.08. The Kier molecular flexibility index (Phi) is 4.55. The first-order chi connectivity index (χ1) is 12.2. The van der Waals surface area contributed by atoms with Gasteiger partial charge in [-0.1, -0.05) is 18.2 Å². The zero-order valence-electron chi connectivity index (χ0n) is 13.9. The molecular formula is C19H21FN2O3. The van der Waals surface area contributed by atoms with E-state index in [1.165, 1.54) is 6.07 Å². The number of rotatable bonds is 5. The minimum absolute atomic E-state index is 0.0377. The molecule has 1 amide bonds. The van der Waals surface area contributed by atoms with E-state index in [4.69, 9.17) is 9.15 Å². The third kappa shape index (κ3) is 3.32. The molecule has 25 heavy (non-hydrogen) atoms. The normalized spacial score (nSPS) is 25.9. The average Bonchev–Trinajstić information content (AvgIpc) is 3.33. The molecule has 0 saturated carbocycles. The van der Waals surface area contributed by atoms with Gasteiger partial charge in [-0.3, -0.25) is 9.69 Å². The summed E-state index contributed by atoms with van der Waals surface area (Å²) in [5.74, 6) is 0.237. The summed E-state index contributed by atoms with van der Waals surface area (Å²) in [6.07, 6.45) is 2.34. The van der Waals surface area contributed by atoms with Gasteiger partial charge in [0.2, 0.25) is 5.91 Å². The largest absolute Gasteiger partial charge is 0.467 e. The van der Waals surface area contributed by atoms with Crippen molar-refractivity contribution in [2.45, 2.75) is 31.7 Å². The number of hydrogen-bond acceptors (Lipinski definition) is 4. The third-order valence-corrected chi connectivity index (χ3v) is 5.08.